The molecule has 0 saturated carbocycles. The Morgan fingerprint density at radius 1 is 1.44 bits per heavy atom. The molecule has 0 radical (unpaired) electrons. The van der Waals surface area contributed by atoms with Crippen molar-refractivity contribution in [3.05, 3.63) is 0 Å². The monoisotopic (exact) mass is 247 g/mol. The molecular formula is C10H21N3O2S. The van der Waals surface area contributed by atoms with E-state index in [1.807, 2.05) is 25.8 Å². The van der Waals surface area contributed by atoms with E-state index in [0.717, 1.165) is 0 Å². The van der Waals surface area contributed by atoms with Gasteiger partial charge in [0, 0.05) is 19.1 Å². The summed E-state index contributed by atoms with van der Waals surface area (Å²) in [7, 11) is -1.55. The molecule has 1 N–H and O–H groups in total. The molecule has 0 aliphatic carbocycles. The van der Waals surface area contributed by atoms with Crippen LogP contribution in [-0.2, 0) is 10.0 Å². The van der Waals surface area contributed by atoms with E-state index in [9.17, 15) is 8.42 Å². The van der Waals surface area contributed by atoms with E-state index < -0.39 is 15.3 Å². The van der Waals surface area contributed by atoms with Crippen LogP contribution in [0.4, 0.5) is 0 Å². The Kier molecular flexibility index (Phi) is 6.56. The molecule has 6 heteroatoms. The number of sulfonamides is 1. The molecule has 0 aromatic carbocycles. The van der Waals surface area contributed by atoms with E-state index >= 15 is 0 Å². The number of likely N-dealkylation sites (N-methyl/N-ethyl adjacent to an activating group) is 1. The van der Waals surface area contributed by atoms with Crippen molar-refractivity contribution in [3.8, 4) is 6.07 Å². The van der Waals surface area contributed by atoms with E-state index in [0.29, 0.717) is 25.6 Å². The lowest BCUT2D eigenvalue weighted by molar-refractivity contribution is 0.278. The van der Waals surface area contributed by atoms with Crippen molar-refractivity contribution in [2.24, 2.45) is 0 Å². The normalized spacial score (nSPS) is 14.1. The third kappa shape index (κ3) is 4.92. The summed E-state index contributed by atoms with van der Waals surface area (Å²) in [5, 5.41) is 7.73. The number of hydrogen-bond donors (Lipinski definition) is 1. The lowest BCUT2D eigenvalue weighted by Crippen LogP contribution is -2.39. The predicted molar refractivity (Wildman–Crippen MR) is 64.4 cm³/mol. The van der Waals surface area contributed by atoms with E-state index in [1.54, 1.807) is 13.0 Å². The van der Waals surface area contributed by atoms with Crippen LogP contribution in [0.5, 0.6) is 0 Å². The molecule has 0 aliphatic heterocycles. The average Bonchev–Trinajstić information content (AvgIpc) is 2.18. The average molecular weight is 247 g/mol. The van der Waals surface area contributed by atoms with Crippen LogP contribution >= 0.6 is 0 Å². The first kappa shape index (κ1) is 15.4. The van der Waals surface area contributed by atoms with Gasteiger partial charge in [0.2, 0.25) is 10.0 Å². The summed E-state index contributed by atoms with van der Waals surface area (Å²) in [5.74, 6) is 0. The van der Waals surface area contributed by atoms with Gasteiger partial charge in [-0.2, -0.15) is 5.26 Å². The van der Waals surface area contributed by atoms with Gasteiger partial charge in [-0.05, 0) is 27.3 Å². The van der Waals surface area contributed by atoms with Crippen LogP contribution in [0, 0.1) is 11.3 Å². The van der Waals surface area contributed by atoms with E-state index in [2.05, 4.69) is 4.72 Å². The molecule has 0 spiro atoms. The fourth-order valence-electron chi connectivity index (χ4n) is 1.10. The summed E-state index contributed by atoms with van der Waals surface area (Å²) in [5.41, 5.74) is 0. The number of hydrogen-bond acceptors (Lipinski definition) is 4. The maximum Gasteiger partial charge on any atom is 0.228 e. The topological polar surface area (TPSA) is 73.2 Å². The third-order valence-corrected chi connectivity index (χ3v) is 4.33. The van der Waals surface area contributed by atoms with Crippen molar-refractivity contribution in [1.29, 1.82) is 5.26 Å². The Hall–Kier alpha value is -0.640. The second kappa shape index (κ2) is 6.84. The van der Waals surface area contributed by atoms with Crippen LogP contribution in [0.15, 0.2) is 0 Å². The number of nitrogens with zero attached hydrogens (tertiary/aromatic N) is 2. The Morgan fingerprint density at radius 2 is 2.00 bits per heavy atom. The zero-order valence-corrected chi connectivity index (χ0v) is 11.2. The lowest BCUT2D eigenvalue weighted by atomic mass is 10.3. The van der Waals surface area contributed by atoms with Gasteiger partial charge in [0.15, 0.2) is 5.25 Å². The van der Waals surface area contributed by atoms with Gasteiger partial charge in [0.1, 0.15) is 0 Å². The summed E-state index contributed by atoms with van der Waals surface area (Å²) < 4.78 is 25.6. The minimum Gasteiger partial charge on any atom is -0.303 e. The molecule has 0 bridgehead atoms. The lowest BCUT2D eigenvalue weighted by Gasteiger charge is -2.21. The van der Waals surface area contributed by atoms with Gasteiger partial charge >= 0.3 is 0 Å². The summed E-state index contributed by atoms with van der Waals surface area (Å²) in [6, 6.07) is 2.17. The van der Waals surface area contributed by atoms with Crippen molar-refractivity contribution in [2.45, 2.75) is 38.5 Å². The smallest absolute Gasteiger partial charge is 0.228 e. The Bertz CT molecular complexity index is 332. The molecule has 94 valence electrons. The second-order valence-corrected chi connectivity index (χ2v) is 5.99. The van der Waals surface area contributed by atoms with Gasteiger partial charge in [0.05, 0.1) is 6.07 Å². The van der Waals surface area contributed by atoms with Gasteiger partial charge in [-0.1, -0.05) is 6.92 Å². The van der Waals surface area contributed by atoms with Crippen LogP contribution in [0.3, 0.4) is 0 Å². The Morgan fingerprint density at radius 3 is 2.38 bits per heavy atom. The minimum absolute atomic E-state index is 0.311. The molecule has 1 atom stereocenters. The molecule has 0 fully saturated rings. The minimum atomic E-state index is -3.48. The highest BCUT2D eigenvalue weighted by Crippen LogP contribution is 2.02. The largest absolute Gasteiger partial charge is 0.303 e. The van der Waals surface area contributed by atoms with Crippen molar-refractivity contribution in [2.75, 3.05) is 20.1 Å². The maximum absolute atomic E-state index is 11.6. The molecule has 0 amide bonds. The number of nitrogens with one attached hydrogen (secondary N) is 1. The molecule has 1 unspecified atom stereocenters. The van der Waals surface area contributed by atoms with E-state index in [4.69, 9.17) is 5.26 Å². The zero-order valence-electron chi connectivity index (χ0n) is 10.4. The molecule has 0 aliphatic rings. The van der Waals surface area contributed by atoms with Crippen molar-refractivity contribution in [3.63, 3.8) is 0 Å². The fraction of sp³-hybridized carbons (Fsp3) is 0.900. The van der Waals surface area contributed by atoms with Crippen LogP contribution in [0.1, 0.15) is 27.2 Å². The van der Waals surface area contributed by atoms with Gasteiger partial charge in [-0.15, -0.1) is 0 Å². The van der Waals surface area contributed by atoms with Crippen LogP contribution in [0.2, 0.25) is 0 Å². The molecule has 0 saturated heterocycles. The zero-order chi connectivity index (χ0) is 12.8. The van der Waals surface area contributed by atoms with Crippen LogP contribution in [-0.4, -0.2) is 44.7 Å². The van der Waals surface area contributed by atoms with Crippen molar-refractivity contribution >= 4 is 10.0 Å². The SMILES string of the molecule is CCC(C#N)S(=O)(=O)NCCN(C)C(C)C. The van der Waals surface area contributed by atoms with Gasteiger partial charge in [-0.3, -0.25) is 0 Å². The first-order chi connectivity index (χ1) is 7.35. The Balaban J connectivity index is 4.17. The third-order valence-electron chi connectivity index (χ3n) is 2.54. The highest BCUT2D eigenvalue weighted by atomic mass is 32.2. The maximum atomic E-state index is 11.6. The van der Waals surface area contributed by atoms with E-state index in [1.165, 1.54) is 0 Å². The quantitative estimate of drug-likeness (QED) is 0.713. The van der Waals surface area contributed by atoms with Crippen LogP contribution < -0.4 is 4.72 Å². The molecule has 5 nitrogen and oxygen atoms in total. The first-order valence-corrected chi connectivity index (χ1v) is 6.98. The summed E-state index contributed by atoms with van der Waals surface area (Å²) >= 11 is 0. The Labute approximate surface area is 98.5 Å². The van der Waals surface area contributed by atoms with Crippen molar-refractivity contribution < 1.29 is 8.42 Å². The predicted octanol–water partition coefficient (Wildman–Crippen LogP) is 0.548. The van der Waals surface area contributed by atoms with Gasteiger partial charge in [0.25, 0.3) is 0 Å². The highest BCUT2D eigenvalue weighted by molar-refractivity contribution is 7.90. The molecule has 16 heavy (non-hydrogen) atoms. The summed E-state index contributed by atoms with van der Waals surface area (Å²) in [6.07, 6.45) is 0.311. The molecular weight excluding hydrogens is 226 g/mol. The molecule has 0 heterocycles. The highest BCUT2D eigenvalue weighted by Gasteiger charge is 2.22. The van der Waals surface area contributed by atoms with Gasteiger partial charge < -0.3 is 4.90 Å². The van der Waals surface area contributed by atoms with E-state index in [-0.39, 0.29) is 0 Å². The second-order valence-electron chi connectivity index (χ2n) is 4.04. The number of rotatable bonds is 7. The number of nitriles is 1. The standard InChI is InChI=1S/C10H21N3O2S/c1-5-10(8-11)16(14,15)12-6-7-13(4)9(2)3/h9-10,12H,5-7H2,1-4H3. The first-order valence-electron chi connectivity index (χ1n) is 5.43. The van der Waals surface area contributed by atoms with Crippen LogP contribution in [0.25, 0.3) is 0 Å². The summed E-state index contributed by atoms with van der Waals surface area (Å²) in [4.78, 5) is 2.04. The fourth-order valence-corrected chi connectivity index (χ4v) is 2.26. The van der Waals surface area contributed by atoms with Gasteiger partial charge in [-0.25, -0.2) is 13.1 Å². The summed E-state index contributed by atoms with van der Waals surface area (Å²) in [6.45, 7) is 6.75. The molecule has 0 aromatic heterocycles. The van der Waals surface area contributed by atoms with Crippen molar-refractivity contribution in [1.82, 2.24) is 9.62 Å². The molecule has 0 aromatic rings. The molecule has 0 rings (SSSR count).